The number of carbonyl (C=O) groups is 1. The van der Waals surface area contributed by atoms with Crippen molar-refractivity contribution in [1.82, 2.24) is 9.97 Å². The number of aliphatic hydroxyl groups excluding tert-OH is 2. The molecular weight excluding hydrogens is 218 g/mol. The van der Waals surface area contributed by atoms with Gasteiger partial charge in [0.1, 0.15) is 5.69 Å². The Kier molecular flexibility index (Phi) is 3.97. The summed E-state index contributed by atoms with van der Waals surface area (Å²) in [6, 6.07) is 0. The molecule has 0 aliphatic carbocycles. The van der Waals surface area contributed by atoms with E-state index in [0.29, 0.717) is 6.41 Å². The van der Waals surface area contributed by atoms with Crippen molar-refractivity contribution in [2.45, 2.75) is 6.10 Å². The molecule has 1 rings (SSSR count). The Morgan fingerprint density at radius 1 is 1.50 bits per heavy atom. The molecule has 0 bridgehead atoms. The minimum absolute atomic E-state index is 0.109. The predicted molar refractivity (Wildman–Crippen MR) is 54.2 cm³/mol. The van der Waals surface area contributed by atoms with Crippen LogP contribution in [0, 0.1) is 0 Å². The van der Waals surface area contributed by atoms with Crippen LogP contribution in [0.1, 0.15) is 0 Å². The summed E-state index contributed by atoms with van der Waals surface area (Å²) in [6.45, 7) is -0.777. The van der Waals surface area contributed by atoms with Gasteiger partial charge in [0.2, 0.25) is 6.41 Å². The van der Waals surface area contributed by atoms with Gasteiger partial charge < -0.3 is 20.1 Å². The molecule has 0 saturated carbocycles. The highest BCUT2D eigenvalue weighted by Crippen LogP contribution is 2.02. The maximum Gasteiger partial charge on any atom is 0.325 e. The lowest BCUT2D eigenvalue weighted by atomic mass is 10.3. The van der Waals surface area contributed by atoms with E-state index in [0.717, 1.165) is 11.1 Å². The van der Waals surface area contributed by atoms with Gasteiger partial charge in [-0.2, -0.15) is 0 Å². The van der Waals surface area contributed by atoms with Crippen LogP contribution in [0.3, 0.4) is 0 Å². The van der Waals surface area contributed by atoms with Crippen LogP contribution in [-0.2, 0) is 4.79 Å². The highest BCUT2D eigenvalue weighted by molar-refractivity contribution is 5.73. The van der Waals surface area contributed by atoms with Gasteiger partial charge in [-0.25, -0.2) is 4.79 Å². The first-order valence-electron chi connectivity index (χ1n) is 4.41. The highest BCUT2D eigenvalue weighted by Gasteiger charge is 2.14. The van der Waals surface area contributed by atoms with Crippen molar-refractivity contribution in [2.75, 3.05) is 18.1 Å². The third-order valence-corrected chi connectivity index (χ3v) is 1.85. The second kappa shape index (κ2) is 5.24. The lowest BCUT2D eigenvalue weighted by molar-refractivity contribution is -0.107. The second-order valence-corrected chi connectivity index (χ2v) is 3.05. The van der Waals surface area contributed by atoms with E-state index in [1.54, 1.807) is 0 Å². The molecule has 0 aliphatic rings. The Hall–Kier alpha value is -1.93. The molecule has 4 N–H and O–H groups in total. The SMILES string of the molecule is O=CN(CC(O)CO)c1c[nH]c(=O)[nH]c1=O. The average molecular weight is 229 g/mol. The smallest absolute Gasteiger partial charge is 0.325 e. The van der Waals surface area contributed by atoms with E-state index >= 15 is 0 Å². The van der Waals surface area contributed by atoms with Crippen LogP contribution < -0.4 is 16.1 Å². The number of aromatic amines is 2. The zero-order valence-electron chi connectivity index (χ0n) is 8.21. The van der Waals surface area contributed by atoms with Crippen LogP contribution in [-0.4, -0.2) is 45.8 Å². The maximum atomic E-state index is 11.3. The minimum Gasteiger partial charge on any atom is -0.394 e. The predicted octanol–water partition coefficient (Wildman–Crippen LogP) is -2.62. The fourth-order valence-electron chi connectivity index (χ4n) is 1.10. The fourth-order valence-corrected chi connectivity index (χ4v) is 1.10. The summed E-state index contributed by atoms with van der Waals surface area (Å²) in [5.74, 6) is 0. The summed E-state index contributed by atoms with van der Waals surface area (Å²) in [4.78, 5) is 37.7. The van der Waals surface area contributed by atoms with E-state index in [9.17, 15) is 14.4 Å². The number of carbonyl (C=O) groups excluding carboxylic acids is 1. The zero-order chi connectivity index (χ0) is 12.1. The van der Waals surface area contributed by atoms with Crippen LogP contribution >= 0.6 is 0 Å². The van der Waals surface area contributed by atoms with Crippen LogP contribution in [0.2, 0.25) is 0 Å². The molecule has 0 fully saturated rings. The number of nitrogens with one attached hydrogen (secondary N) is 2. The molecule has 1 heterocycles. The first-order chi connectivity index (χ1) is 7.58. The number of hydrogen-bond donors (Lipinski definition) is 4. The summed E-state index contributed by atoms with van der Waals surface area (Å²) in [7, 11) is 0. The van der Waals surface area contributed by atoms with Crippen LogP contribution in [0.25, 0.3) is 0 Å². The van der Waals surface area contributed by atoms with Crippen LogP contribution in [0.15, 0.2) is 15.8 Å². The third-order valence-electron chi connectivity index (χ3n) is 1.85. The molecule has 8 nitrogen and oxygen atoms in total. The van der Waals surface area contributed by atoms with Gasteiger partial charge >= 0.3 is 5.69 Å². The summed E-state index contributed by atoms with van der Waals surface area (Å²) in [6.07, 6.45) is 0.220. The van der Waals surface area contributed by atoms with Crippen molar-refractivity contribution in [3.05, 3.63) is 27.0 Å². The molecule has 1 amide bonds. The average Bonchev–Trinajstić information content (AvgIpc) is 2.26. The largest absolute Gasteiger partial charge is 0.394 e. The van der Waals surface area contributed by atoms with Crippen molar-refractivity contribution < 1.29 is 15.0 Å². The van der Waals surface area contributed by atoms with Crippen molar-refractivity contribution in [2.24, 2.45) is 0 Å². The Balaban J connectivity index is 3.00. The minimum atomic E-state index is -1.16. The number of anilines is 1. The molecule has 0 aliphatic heterocycles. The van der Waals surface area contributed by atoms with E-state index in [2.05, 4.69) is 4.98 Å². The highest BCUT2D eigenvalue weighted by atomic mass is 16.3. The first-order valence-corrected chi connectivity index (χ1v) is 4.41. The number of aliphatic hydroxyl groups is 2. The van der Waals surface area contributed by atoms with Crippen molar-refractivity contribution in [3.63, 3.8) is 0 Å². The van der Waals surface area contributed by atoms with Crippen LogP contribution in [0.4, 0.5) is 5.69 Å². The normalized spacial score (nSPS) is 12.1. The lowest BCUT2D eigenvalue weighted by Crippen LogP contribution is -2.38. The monoisotopic (exact) mass is 229 g/mol. The molecule has 1 atom stereocenters. The Morgan fingerprint density at radius 3 is 2.69 bits per heavy atom. The number of H-pyrrole nitrogens is 2. The number of amides is 1. The van der Waals surface area contributed by atoms with Crippen LogP contribution in [0.5, 0.6) is 0 Å². The fraction of sp³-hybridized carbons (Fsp3) is 0.375. The molecule has 0 spiro atoms. The van der Waals surface area contributed by atoms with Crippen molar-refractivity contribution in [3.8, 4) is 0 Å². The maximum absolute atomic E-state index is 11.3. The second-order valence-electron chi connectivity index (χ2n) is 3.05. The Labute approximate surface area is 89.2 Å². The summed E-state index contributed by atoms with van der Waals surface area (Å²) in [5, 5.41) is 17.7. The topological polar surface area (TPSA) is 126 Å². The van der Waals surface area contributed by atoms with Gasteiger partial charge in [0.25, 0.3) is 5.56 Å². The third kappa shape index (κ3) is 2.78. The van der Waals surface area contributed by atoms with Crippen molar-refractivity contribution >= 4 is 12.1 Å². The first kappa shape index (κ1) is 12.1. The number of hydrogen-bond acceptors (Lipinski definition) is 5. The number of nitrogens with zero attached hydrogens (tertiary/aromatic N) is 1. The Morgan fingerprint density at radius 2 is 2.19 bits per heavy atom. The van der Waals surface area contributed by atoms with Gasteiger partial charge in [0.15, 0.2) is 0 Å². The zero-order valence-corrected chi connectivity index (χ0v) is 8.21. The van der Waals surface area contributed by atoms with E-state index in [1.807, 2.05) is 4.98 Å². The molecule has 0 aromatic carbocycles. The van der Waals surface area contributed by atoms with Gasteiger partial charge in [-0.05, 0) is 0 Å². The molecule has 1 unspecified atom stereocenters. The van der Waals surface area contributed by atoms with Crippen molar-refractivity contribution in [1.29, 1.82) is 0 Å². The van der Waals surface area contributed by atoms with E-state index in [1.165, 1.54) is 0 Å². The quantitative estimate of drug-likeness (QED) is 0.411. The molecule has 0 radical (unpaired) electrons. The molecule has 1 aromatic rings. The van der Waals surface area contributed by atoms with E-state index < -0.39 is 24.0 Å². The molecule has 88 valence electrons. The van der Waals surface area contributed by atoms with E-state index in [4.69, 9.17) is 10.2 Å². The number of rotatable bonds is 5. The van der Waals surface area contributed by atoms with E-state index in [-0.39, 0.29) is 12.2 Å². The van der Waals surface area contributed by atoms with Gasteiger partial charge in [-0.15, -0.1) is 0 Å². The lowest BCUT2D eigenvalue weighted by Gasteiger charge is -2.18. The Bertz CT molecular complexity index is 465. The molecule has 1 aromatic heterocycles. The summed E-state index contributed by atoms with van der Waals surface area (Å²) < 4.78 is 0. The standard InChI is InChI=1S/C8H11N3O5/c12-3-5(14)2-11(4-13)6-1-9-8(16)10-7(6)15/h1,4-5,12,14H,2-3H2,(H2,9,10,15,16). The molecule has 0 saturated heterocycles. The molecule has 16 heavy (non-hydrogen) atoms. The summed E-state index contributed by atoms with van der Waals surface area (Å²) >= 11 is 0. The number of aromatic nitrogens is 2. The van der Waals surface area contributed by atoms with Gasteiger partial charge in [-0.1, -0.05) is 0 Å². The molecular formula is C8H11N3O5. The summed E-state index contributed by atoms with van der Waals surface area (Å²) in [5.41, 5.74) is -1.55. The molecule has 8 heteroatoms. The van der Waals surface area contributed by atoms with Gasteiger partial charge in [0.05, 0.1) is 19.3 Å². The van der Waals surface area contributed by atoms with Gasteiger partial charge in [-0.3, -0.25) is 14.6 Å². The van der Waals surface area contributed by atoms with Gasteiger partial charge in [0, 0.05) is 6.20 Å².